The predicted molar refractivity (Wildman–Crippen MR) is 58.7 cm³/mol. The summed E-state index contributed by atoms with van der Waals surface area (Å²) in [5.41, 5.74) is 1.19. The van der Waals surface area contributed by atoms with Crippen molar-refractivity contribution in [3.63, 3.8) is 0 Å². The Morgan fingerprint density at radius 2 is 1.80 bits per heavy atom. The third-order valence-electron chi connectivity index (χ3n) is 2.75. The van der Waals surface area contributed by atoms with Crippen molar-refractivity contribution in [3.05, 3.63) is 24.5 Å². The van der Waals surface area contributed by atoms with Crippen molar-refractivity contribution in [2.24, 2.45) is 0 Å². The van der Waals surface area contributed by atoms with Crippen LogP contribution in [0.5, 0.6) is 0 Å². The van der Waals surface area contributed by atoms with Gasteiger partial charge in [-0.05, 0) is 12.1 Å². The van der Waals surface area contributed by atoms with Crippen LogP contribution in [0.1, 0.15) is 6.92 Å². The third kappa shape index (κ3) is 2.26. The number of amides is 1. The van der Waals surface area contributed by atoms with E-state index in [4.69, 9.17) is 0 Å². The van der Waals surface area contributed by atoms with Crippen LogP contribution in [0.4, 0.5) is 5.69 Å². The van der Waals surface area contributed by atoms with Gasteiger partial charge in [-0.15, -0.1) is 0 Å². The molecule has 0 bridgehead atoms. The Morgan fingerprint density at radius 3 is 2.33 bits per heavy atom. The molecule has 1 aliphatic rings. The van der Waals surface area contributed by atoms with Gasteiger partial charge >= 0.3 is 0 Å². The van der Waals surface area contributed by atoms with Crippen LogP contribution >= 0.6 is 0 Å². The fourth-order valence-electron chi connectivity index (χ4n) is 1.83. The number of hydrogen-bond donors (Lipinski definition) is 0. The summed E-state index contributed by atoms with van der Waals surface area (Å²) in [6.45, 7) is 5.07. The highest BCUT2D eigenvalue weighted by Crippen LogP contribution is 2.14. The van der Waals surface area contributed by atoms with E-state index in [1.807, 2.05) is 17.0 Å². The maximum absolute atomic E-state index is 11.1. The van der Waals surface area contributed by atoms with Gasteiger partial charge in [0.2, 0.25) is 5.91 Å². The predicted octanol–water partition coefficient (Wildman–Crippen LogP) is 0.750. The van der Waals surface area contributed by atoms with Gasteiger partial charge in [0.25, 0.3) is 0 Å². The summed E-state index contributed by atoms with van der Waals surface area (Å²) in [4.78, 5) is 19.3. The maximum Gasteiger partial charge on any atom is 0.219 e. The van der Waals surface area contributed by atoms with E-state index in [0.29, 0.717) is 0 Å². The van der Waals surface area contributed by atoms with Crippen LogP contribution in [0.3, 0.4) is 0 Å². The first-order valence-corrected chi connectivity index (χ1v) is 5.18. The lowest BCUT2D eigenvalue weighted by Crippen LogP contribution is -2.48. The van der Waals surface area contributed by atoms with E-state index >= 15 is 0 Å². The molecule has 2 rings (SSSR count). The van der Waals surface area contributed by atoms with Crippen molar-refractivity contribution < 1.29 is 4.79 Å². The zero-order valence-electron chi connectivity index (χ0n) is 8.89. The standard InChI is InChI=1S/C11H15N3O/c1-10(15)13-6-8-14(9-7-13)11-2-4-12-5-3-11/h2-5H,6-9H2,1H3. The monoisotopic (exact) mass is 205 g/mol. The molecule has 4 nitrogen and oxygen atoms in total. The van der Waals surface area contributed by atoms with Gasteiger partial charge in [-0.1, -0.05) is 0 Å². The summed E-state index contributed by atoms with van der Waals surface area (Å²) in [6, 6.07) is 4.01. The summed E-state index contributed by atoms with van der Waals surface area (Å²) in [5.74, 6) is 0.171. The van der Waals surface area contributed by atoms with Crippen molar-refractivity contribution in [2.45, 2.75) is 6.92 Å². The highest BCUT2D eigenvalue weighted by Gasteiger charge is 2.18. The zero-order chi connectivity index (χ0) is 10.7. The lowest BCUT2D eigenvalue weighted by atomic mass is 10.2. The topological polar surface area (TPSA) is 36.4 Å². The Kier molecular flexibility index (Phi) is 2.85. The average molecular weight is 205 g/mol. The molecule has 0 aliphatic carbocycles. The van der Waals surface area contributed by atoms with Crippen LogP contribution < -0.4 is 4.90 Å². The molecule has 0 spiro atoms. The highest BCUT2D eigenvalue weighted by atomic mass is 16.2. The first kappa shape index (κ1) is 9.96. The second kappa shape index (κ2) is 4.29. The number of hydrogen-bond acceptors (Lipinski definition) is 3. The normalized spacial score (nSPS) is 16.6. The molecule has 1 aromatic rings. The molecule has 0 atom stereocenters. The number of piperazine rings is 1. The van der Waals surface area contributed by atoms with E-state index in [9.17, 15) is 4.79 Å². The van der Waals surface area contributed by atoms with Crippen molar-refractivity contribution in [3.8, 4) is 0 Å². The lowest BCUT2D eigenvalue weighted by molar-refractivity contribution is -0.129. The molecule has 0 radical (unpaired) electrons. The van der Waals surface area contributed by atoms with Crippen molar-refractivity contribution in [2.75, 3.05) is 31.1 Å². The molecule has 1 amide bonds. The largest absolute Gasteiger partial charge is 0.368 e. The van der Waals surface area contributed by atoms with Crippen molar-refractivity contribution in [1.29, 1.82) is 0 Å². The zero-order valence-corrected chi connectivity index (χ0v) is 8.89. The third-order valence-corrected chi connectivity index (χ3v) is 2.75. The fraction of sp³-hybridized carbons (Fsp3) is 0.455. The molecule has 15 heavy (non-hydrogen) atoms. The van der Waals surface area contributed by atoms with E-state index in [1.54, 1.807) is 19.3 Å². The van der Waals surface area contributed by atoms with Gasteiger partial charge in [0.1, 0.15) is 0 Å². The molecular weight excluding hydrogens is 190 g/mol. The first-order valence-electron chi connectivity index (χ1n) is 5.18. The number of carbonyl (C=O) groups is 1. The van der Waals surface area contributed by atoms with Gasteiger partial charge in [0, 0.05) is 51.2 Å². The summed E-state index contributed by atoms with van der Waals surface area (Å²) in [7, 11) is 0. The Labute approximate surface area is 89.5 Å². The number of aromatic nitrogens is 1. The lowest BCUT2D eigenvalue weighted by Gasteiger charge is -2.35. The van der Waals surface area contributed by atoms with E-state index in [-0.39, 0.29) is 5.91 Å². The van der Waals surface area contributed by atoms with Crippen molar-refractivity contribution in [1.82, 2.24) is 9.88 Å². The summed E-state index contributed by atoms with van der Waals surface area (Å²) in [6.07, 6.45) is 3.60. The minimum atomic E-state index is 0.171. The summed E-state index contributed by atoms with van der Waals surface area (Å²) < 4.78 is 0. The number of nitrogens with zero attached hydrogens (tertiary/aromatic N) is 3. The number of rotatable bonds is 1. The Morgan fingerprint density at radius 1 is 1.20 bits per heavy atom. The molecule has 2 heterocycles. The van der Waals surface area contributed by atoms with Crippen LogP contribution in [0.2, 0.25) is 0 Å². The average Bonchev–Trinajstić information content (AvgIpc) is 2.30. The van der Waals surface area contributed by atoms with E-state index in [2.05, 4.69) is 9.88 Å². The second-order valence-corrected chi connectivity index (χ2v) is 3.70. The Bertz CT molecular complexity index is 331. The number of pyridine rings is 1. The molecule has 0 aromatic carbocycles. The van der Waals surface area contributed by atoms with Gasteiger partial charge in [-0.2, -0.15) is 0 Å². The van der Waals surface area contributed by atoms with Gasteiger partial charge in [-0.25, -0.2) is 0 Å². The molecule has 0 saturated carbocycles. The van der Waals surface area contributed by atoms with Crippen LogP contribution in [-0.4, -0.2) is 42.0 Å². The molecule has 4 heteroatoms. The molecule has 1 fully saturated rings. The SMILES string of the molecule is CC(=O)N1CCN(c2ccncc2)CC1. The second-order valence-electron chi connectivity index (χ2n) is 3.70. The highest BCUT2D eigenvalue weighted by molar-refractivity contribution is 5.73. The number of carbonyl (C=O) groups excluding carboxylic acids is 1. The van der Waals surface area contributed by atoms with E-state index in [1.165, 1.54) is 5.69 Å². The van der Waals surface area contributed by atoms with E-state index < -0.39 is 0 Å². The molecule has 80 valence electrons. The maximum atomic E-state index is 11.1. The molecule has 1 saturated heterocycles. The summed E-state index contributed by atoms with van der Waals surface area (Å²) in [5, 5.41) is 0. The minimum Gasteiger partial charge on any atom is -0.368 e. The van der Waals surface area contributed by atoms with Crippen LogP contribution in [-0.2, 0) is 4.79 Å². The fourth-order valence-corrected chi connectivity index (χ4v) is 1.83. The first-order chi connectivity index (χ1) is 7.27. The minimum absolute atomic E-state index is 0.171. The molecule has 0 N–H and O–H groups in total. The Balaban J connectivity index is 1.97. The van der Waals surface area contributed by atoms with Gasteiger partial charge in [0.15, 0.2) is 0 Å². The van der Waals surface area contributed by atoms with Crippen LogP contribution in [0.25, 0.3) is 0 Å². The molecular formula is C11H15N3O. The van der Waals surface area contributed by atoms with E-state index in [0.717, 1.165) is 26.2 Å². The van der Waals surface area contributed by atoms with Crippen LogP contribution in [0, 0.1) is 0 Å². The van der Waals surface area contributed by atoms with Gasteiger partial charge in [0.05, 0.1) is 0 Å². The molecule has 0 unspecified atom stereocenters. The van der Waals surface area contributed by atoms with Gasteiger partial charge in [-0.3, -0.25) is 9.78 Å². The van der Waals surface area contributed by atoms with Gasteiger partial charge < -0.3 is 9.80 Å². The van der Waals surface area contributed by atoms with Crippen molar-refractivity contribution >= 4 is 11.6 Å². The summed E-state index contributed by atoms with van der Waals surface area (Å²) >= 11 is 0. The quantitative estimate of drug-likeness (QED) is 0.679. The smallest absolute Gasteiger partial charge is 0.219 e. The number of anilines is 1. The molecule has 1 aliphatic heterocycles. The Hall–Kier alpha value is -1.58. The molecule has 1 aromatic heterocycles. The van der Waals surface area contributed by atoms with Crippen LogP contribution in [0.15, 0.2) is 24.5 Å².